The predicted molar refractivity (Wildman–Crippen MR) is 128 cm³/mol. The molecule has 180 valence electrons. The fraction of sp³-hybridized carbons (Fsp3) is 0.444. The van der Waals surface area contributed by atoms with Gasteiger partial charge in [-0.25, -0.2) is 9.59 Å². The quantitative estimate of drug-likeness (QED) is 0.460. The van der Waals surface area contributed by atoms with Crippen LogP contribution in [0.4, 0.5) is 4.79 Å². The zero-order chi connectivity index (χ0) is 24.1. The monoisotopic (exact) mass is 464 g/mol. The van der Waals surface area contributed by atoms with E-state index in [2.05, 4.69) is 34.9 Å². The molecule has 2 amide bonds. The lowest BCUT2D eigenvalue weighted by molar-refractivity contribution is -0.142. The predicted octanol–water partition coefficient (Wildman–Crippen LogP) is 4.31. The average molecular weight is 465 g/mol. The lowest BCUT2D eigenvalue weighted by Gasteiger charge is -2.21. The van der Waals surface area contributed by atoms with Crippen LogP contribution in [0.5, 0.6) is 0 Å². The lowest BCUT2D eigenvalue weighted by Crippen LogP contribution is -2.46. The Bertz CT molecular complexity index is 1000. The first-order chi connectivity index (χ1) is 16.5. The summed E-state index contributed by atoms with van der Waals surface area (Å²) in [6, 6.07) is 15.4. The van der Waals surface area contributed by atoms with E-state index in [1.54, 1.807) is 0 Å². The van der Waals surface area contributed by atoms with E-state index in [1.165, 1.54) is 0 Å². The molecule has 2 unspecified atom stereocenters. The Morgan fingerprint density at radius 2 is 1.65 bits per heavy atom. The van der Waals surface area contributed by atoms with Crippen LogP contribution in [0.3, 0.4) is 0 Å². The maximum absolute atomic E-state index is 12.8. The molecule has 2 aliphatic carbocycles. The number of nitrogens with one attached hydrogen (secondary N) is 2. The third kappa shape index (κ3) is 5.58. The average Bonchev–Trinajstić information content (AvgIpc) is 3.60. The van der Waals surface area contributed by atoms with Gasteiger partial charge in [-0.1, -0.05) is 74.7 Å². The first-order valence-electron chi connectivity index (χ1n) is 12.1. The van der Waals surface area contributed by atoms with E-state index < -0.39 is 24.0 Å². The van der Waals surface area contributed by atoms with Gasteiger partial charge in [0, 0.05) is 12.5 Å². The molecule has 7 heteroatoms. The van der Waals surface area contributed by atoms with Gasteiger partial charge >= 0.3 is 12.1 Å². The van der Waals surface area contributed by atoms with Gasteiger partial charge in [0.25, 0.3) is 0 Å². The van der Waals surface area contributed by atoms with Gasteiger partial charge < -0.3 is 20.5 Å². The Balaban J connectivity index is 1.34. The Hall–Kier alpha value is -3.35. The van der Waals surface area contributed by atoms with Gasteiger partial charge in [-0.15, -0.1) is 0 Å². The lowest BCUT2D eigenvalue weighted by atomic mass is 9.98. The normalized spacial score (nSPS) is 16.1. The van der Waals surface area contributed by atoms with Crippen LogP contribution in [0.1, 0.15) is 56.1 Å². The molecule has 3 N–H and O–H groups in total. The topological polar surface area (TPSA) is 105 Å². The van der Waals surface area contributed by atoms with Gasteiger partial charge in [-0.05, 0) is 41.0 Å². The zero-order valence-electron chi connectivity index (χ0n) is 19.5. The van der Waals surface area contributed by atoms with E-state index >= 15 is 0 Å². The minimum absolute atomic E-state index is 0.0333. The minimum Gasteiger partial charge on any atom is -0.480 e. The van der Waals surface area contributed by atoms with E-state index in [9.17, 15) is 19.5 Å². The maximum Gasteiger partial charge on any atom is 0.407 e. The number of carboxylic acids is 1. The van der Waals surface area contributed by atoms with Crippen LogP contribution in [-0.4, -0.2) is 42.3 Å². The van der Waals surface area contributed by atoms with Gasteiger partial charge in [0.05, 0.1) is 5.92 Å². The molecule has 0 saturated heterocycles. The number of benzene rings is 2. The second-order valence-electron chi connectivity index (χ2n) is 9.27. The highest BCUT2D eigenvalue weighted by Crippen LogP contribution is 2.44. The second kappa shape index (κ2) is 10.7. The maximum atomic E-state index is 12.8. The summed E-state index contributed by atoms with van der Waals surface area (Å²) < 4.78 is 5.57. The van der Waals surface area contributed by atoms with E-state index in [4.69, 9.17) is 4.74 Å². The first kappa shape index (κ1) is 23.8. The fourth-order valence-corrected chi connectivity index (χ4v) is 4.73. The van der Waals surface area contributed by atoms with E-state index in [1.807, 2.05) is 31.2 Å². The largest absolute Gasteiger partial charge is 0.480 e. The highest BCUT2D eigenvalue weighted by molar-refractivity contribution is 5.85. The Morgan fingerprint density at radius 3 is 2.21 bits per heavy atom. The smallest absolute Gasteiger partial charge is 0.407 e. The SMILES string of the molecule is CCCC(NC(=O)C(CNC(=O)OCC1c2ccccc2-c2ccccc21)CC1CC1)C(=O)O. The molecule has 7 nitrogen and oxygen atoms in total. The third-order valence-electron chi connectivity index (χ3n) is 6.71. The van der Waals surface area contributed by atoms with Crippen molar-refractivity contribution in [2.45, 2.75) is 51.0 Å². The molecular formula is C27H32N2O5. The van der Waals surface area contributed by atoms with E-state index in [-0.39, 0.29) is 25.0 Å². The van der Waals surface area contributed by atoms with Crippen molar-refractivity contribution in [1.29, 1.82) is 0 Å². The number of alkyl carbamates (subject to hydrolysis) is 1. The number of carboxylic acid groups (broad SMARTS) is 1. The highest BCUT2D eigenvalue weighted by atomic mass is 16.5. The third-order valence-corrected chi connectivity index (χ3v) is 6.71. The number of aliphatic carboxylic acids is 1. The first-order valence-corrected chi connectivity index (χ1v) is 12.1. The van der Waals surface area contributed by atoms with Gasteiger partial charge in [-0.2, -0.15) is 0 Å². The number of rotatable bonds is 11. The van der Waals surface area contributed by atoms with Crippen molar-refractivity contribution < 1.29 is 24.2 Å². The summed E-state index contributed by atoms with van der Waals surface area (Å²) in [6.45, 7) is 2.21. The molecule has 4 rings (SSSR count). The molecule has 0 radical (unpaired) electrons. The number of carbonyl (C=O) groups excluding carboxylic acids is 2. The standard InChI is InChI=1S/C27H32N2O5/c1-2-7-24(26(31)32)29-25(30)18(14-17-12-13-17)15-28-27(33)34-16-23-21-10-5-3-8-19(21)20-9-4-6-11-22(20)23/h3-6,8-11,17-18,23-24H,2,7,12-16H2,1H3,(H,28,33)(H,29,30)(H,31,32). The Morgan fingerprint density at radius 1 is 1.03 bits per heavy atom. The van der Waals surface area contributed by atoms with Crippen LogP contribution in [0.2, 0.25) is 0 Å². The molecule has 2 atom stereocenters. The molecule has 1 saturated carbocycles. The molecule has 1 fully saturated rings. The molecule has 2 aliphatic rings. The van der Waals surface area contributed by atoms with Crippen LogP contribution in [0.15, 0.2) is 48.5 Å². The van der Waals surface area contributed by atoms with Crippen molar-refractivity contribution in [3.05, 3.63) is 59.7 Å². The number of carbonyl (C=O) groups is 3. The van der Waals surface area contributed by atoms with Gasteiger partial charge in [0.15, 0.2) is 0 Å². The molecule has 2 aromatic rings. The molecule has 34 heavy (non-hydrogen) atoms. The molecule has 0 spiro atoms. The minimum atomic E-state index is -1.04. The van der Waals surface area contributed by atoms with Gasteiger partial charge in [-0.3, -0.25) is 4.79 Å². The molecule has 0 bridgehead atoms. The van der Waals surface area contributed by atoms with Crippen LogP contribution in [-0.2, 0) is 14.3 Å². The number of hydrogen-bond acceptors (Lipinski definition) is 4. The van der Waals surface area contributed by atoms with Crippen LogP contribution in [0.25, 0.3) is 11.1 Å². The fourth-order valence-electron chi connectivity index (χ4n) is 4.73. The van der Waals surface area contributed by atoms with Crippen molar-refractivity contribution >= 4 is 18.0 Å². The summed E-state index contributed by atoms with van der Waals surface area (Å²) in [5.41, 5.74) is 4.60. The van der Waals surface area contributed by atoms with E-state index in [0.717, 1.165) is 35.1 Å². The van der Waals surface area contributed by atoms with Crippen molar-refractivity contribution in [2.75, 3.05) is 13.2 Å². The van der Waals surface area contributed by atoms with E-state index in [0.29, 0.717) is 25.2 Å². The highest BCUT2D eigenvalue weighted by Gasteiger charge is 2.32. The molecular weight excluding hydrogens is 432 g/mol. The summed E-state index contributed by atoms with van der Waals surface area (Å²) in [4.78, 5) is 36.7. The second-order valence-corrected chi connectivity index (χ2v) is 9.27. The van der Waals surface area contributed by atoms with Crippen molar-refractivity contribution in [2.24, 2.45) is 11.8 Å². The zero-order valence-corrected chi connectivity index (χ0v) is 19.5. The van der Waals surface area contributed by atoms with Crippen molar-refractivity contribution in [1.82, 2.24) is 10.6 Å². The summed E-state index contributed by atoms with van der Waals surface area (Å²) in [7, 11) is 0. The summed E-state index contributed by atoms with van der Waals surface area (Å²) in [5, 5.41) is 14.7. The summed E-state index contributed by atoms with van der Waals surface area (Å²) in [6.07, 6.45) is 3.21. The Labute approximate surface area is 199 Å². The van der Waals surface area contributed by atoms with Gasteiger partial charge in [0.2, 0.25) is 5.91 Å². The number of ether oxygens (including phenoxy) is 1. The molecule has 0 aromatic heterocycles. The van der Waals surface area contributed by atoms with Crippen LogP contribution in [0, 0.1) is 11.8 Å². The molecule has 0 aliphatic heterocycles. The number of hydrogen-bond donors (Lipinski definition) is 3. The van der Waals surface area contributed by atoms with Crippen LogP contribution >= 0.6 is 0 Å². The summed E-state index contributed by atoms with van der Waals surface area (Å²) in [5.74, 6) is -1.42. The summed E-state index contributed by atoms with van der Waals surface area (Å²) >= 11 is 0. The van der Waals surface area contributed by atoms with Crippen LogP contribution < -0.4 is 10.6 Å². The van der Waals surface area contributed by atoms with Gasteiger partial charge in [0.1, 0.15) is 12.6 Å². The molecule has 2 aromatic carbocycles. The van der Waals surface area contributed by atoms with Crippen molar-refractivity contribution in [3.63, 3.8) is 0 Å². The molecule has 0 heterocycles. The number of amides is 2. The van der Waals surface area contributed by atoms with Crippen molar-refractivity contribution in [3.8, 4) is 11.1 Å². The number of fused-ring (bicyclic) bond motifs is 3. The Kier molecular flexibility index (Phi) is 7.50.